The lowest BCUT2D eigenvalue weighted by molar-refractivity contribution is 0.0912. The summed E-state index contributed by atoms with van der Waals surface area (Å²) in [5.74, 6) is -0.0897. The van der Waals surface area contributed by atoms with Gasteiger partial charge < -0.3 is 9.47 Å². The van der Waals surface area contributed by atoms with E-state index in [2.05, 4.69) is 20.6 Å². The number of pyridine rings is 1. The van der Waals surface area contributed by atoms with Crippen molar-refractivity contribution in [3.8, 4) is 5.88 Å². The van der Waals surface area contributed by atoms with Crippen LogP contribution in [0.15, 0.2) is 18.3 Å². The van der Waals surface area contributed by atoms with Gasteiger partial charge >= 0.3 is 6.09 Å². The highest BCUT2D eigenvalue weighted by Crippen LogP contribution is 2.05. The molecule has 17 heavy (non-hydrogen) atoms. The molecule has 0 saturated heterocycles. The molecule has 1 aromatic heterocycles. The van der Waals surface area contributed by atoms with Crippen LogP contribution in [-0.2, 0) is 4.74 Å². The number of hydrogen-bond donors (Lipinski definition) is 2. The second kappa shape index (κ2) is 6.31. The predicted octanol–water partition coefficient (Wildman–Crippen LogP) is 0.481. The first-order chi connectivity index (χ1) is 8.17. The van der Waals surface area contributed by atoms with Crippen LogP contribution in [0.5, 0.6) is 5.88 Å². The lowest BCUT2D eigenvalue weighted by Gasteiger charge is -2.07. The Morgan fingerprint density at radius 2 is 2.12 bits per heavy atom. The summed E-state index contributed by atoms with van der Waals surface area (Å²) in [7, 11) is 1.48. The topological polar surface area (TPSA) is 89.6 Å². The van der Waals surface area contributed by atoms with Crippen molar-refractivity contribution in [3.05, 3.63) is 23.9 Å². The highest BCUT2D eigenvalue weighted by atomic mass is 16.6. The molecule has 7 nitrogen and oxygen atoms in total. The molecule has 2 N–H and O–H groups in total. The van der Waals surface area contributed by atoms with Crippen LogP contribution in [0.25, 0.3) is 0 Å². The van der Waals surface area contributed by atoms with Gasteiger partial charge in [0.05, 0.1) is 19.3 Å². The van der Waals surface area contributed by atoms with Gasteiger partial charge in [0.1, 0.15) is 0 Å². The first kappa shape index (κ1) is 12.8. The molecule has 2 amide bonds. The minimum absolute atomic E-state index is 0.228. The van der Waals surface area contributed by atoms with Gasteiger partial charge in [-0.2, -0.15) is 0 Å². The highest BCUT2D eigenvalue weighted by molar-refractivity contribution is 5.94. The number of nitrogens with zero attached hydrogens (tertiary/aromatic N) is 1. The number of nitrogens with one attached hydrogen (secondary N) is 2. The molecule has 0 fully saturated rings. The maximum Gasteiger partial charge on any atom is 0.426 e. The lowest BCUT2D eigenvalue weighted by Crippen LogP contribution is -2.41. The number of hydrogen-bond acceptors (Lipinski definition) is 5. The summed E-state index contributed by atoms with van der Waals surface area (Å²) in [5.41, 5.74) is 4.56. The maximum atomic E-state index is 11.5. The average molecular weight is 239 g/mol. The number of amides is 2. The minimum atomic E-state index is -0.720. The molecule has 0 aliphatic heterocycles. The van der Waals surface area contributed by atoms with Crippen molar-refractivity contribution in [1.29, 1.82) is 0 Å². The van der Waals surface area contributed by atoms with Crippen LogP contribution >= 0.6 is 0 Å². The summed E-state index contributed by atoms with van der Waals surface area (Å²) in [4.78, 5) is 26.2. The van der Waals surface area contributed by atoms with E-state index in [1.165, 1.54) is 19.4 Å². The summed E-state index contributed by atoms with van der Waals surface area (Å²) in [6.45, 7) is 1.89. The van der Waals surface area contributed by atoms with Gasteiger partial charge in [-0.05, 0) is 13.0 Å². The Balaban J connectivity index is 2.49. The Hall–Kier alpha value is -2.31. The van der Waals surface area contributed by atoms with Crippen LogP contribution in [0.2, 0.25) is 0 Å². The molecule has 0 aliphatic carbocycles. The van der Waals surface area contributed by atoms with E-state index in [9.17, 15) is 9.59 Å². The average Bonchev–Trinajstić information content (AvgIpc) is 2.36. The summed E-state index contributed by atoms with van der Waals surface area (Å²) in [6.07, 6.45) is 0.614. The fraction of sp³-hybridized carbons (Fsp3) is 0.300. The molecule has 0 spiro atoms. The molecule has 92 valence electrons. The molecule has 7 heteroatoms. The number of hydrazine groups is 1. The van der Waals surface area contributed by atoms with Gasteiger partial charge in [0.25, 0.3) is 5.91 Å². The van der Waals surface area contributed by atoms with Crippen LogP contribution in [0.3, 0.4) is 0 Å². The van der Waals surface area contributed by atoms with Crippen molar-refractivity contribution in [2.75, 3.05) is 13.7 Å². The van der Waals surface area contributed by atoms with Gasteiger partial charge in [-0.15, -0.1) is 0 Å². The summed E-state index contributed by atoms with van der Waals surface area (Å²) in [5, 5.41) is 0. The van der Waals surface area contributed by atoms with E-state index in [0.717, 1.165) is 0 Å². The van der Waals surface area contributed by atoms with E-state index in [1.807, 2.05) is 0 Å². The van der Waals surface area contributed by atoms with E-state index in [1.54, 1.807) is 13.0 Å². The third kappa shape index (κ3) is 3.98. The van der Waals surface area contributed by atoms with Gasteiger partial charge in [-0.25, -0.2) is 15.2 Å². The van der Waals surface area contributed by atoms with E-state index < -0.39 is 12.0 Å². The van der Waals surface area contributed by atoms with E-state index >= 15 is 0 Å². The maximum absolute atomic E-state index is 11.5. The smallest absolute Gasteiger partial charge is 0.426 e. The molecule has 0 radical (unpaired) electrons. The van der Waals surface area contributed by atoms with Crippen molar-refractivity contribution in [2.24, 2.45) is 0 Å². The zero-order valence-corrected chi connectivity index (χ0v) is 9.52. The second-order valence-corrected chi connectivity index (χ2v) is 2.89. The van der Waals surface area contributed by atoms with Crippen LogP contribution in [0, 0.1) is 0 Å². The number of methoxy groups -OCH3 is 1. The third-order valence-corrected chi connectivity index (χ3v) is 1.76. The summed E-state index contributed by atoms with van der Waals surface area (Å²) < 4.78 is 9.41. The Labute approximate surface area is 98.1 Å². The minimum Gasteiger partial charge on any atom is -0.481 e. The second-order valence-electron chi connectivity index (χ2n) is 2.89. The molecule has 0 saturated carbocycles. The van der Waals surface area contributed by atoms with Gasteiger partial charge in [-0.3, -0.25) is 10.2 Å². The van der Waals surface area contributed by atoms with Gasteiger partial charge in [0, 0.05) is 12.3 Å². The molecule has 0 bridgehead atoms. The first-order valence-corrected chi connectivity index (χ1v) is 4.90. The van der Waals surface area contributed by atoms with Crippen LogP contribution in [0.4, 0.5) is 4.79 Å². The number of carbonyl (C=O) groups is 2. The first-order valence-electron chi connectivity index (χ1n) is 4.90. The van der Waals surface area contributed by atoms with Gasteiger partial charge in [0.2, 0.25) is 5.88 Å². The van der Waals surface area contributed by atoms with E-state index in [4.69, 9.17) is 4.74 Å². The molecule has 1 aromatic rings. The summed E-state index contributed by atoms with van der Waals surface area (Å²) in [6, 6.07) is 3.06. The SMILES string of the molecule is CCOC(=O)NNC(=O)c1ccc(OC)nc1. The van der Waals surface area contributed by atoms with Crippen molar-refractivity contribution in [1.82, 2.24) is 15.8 Å². The van der Waals surface area contributed by atoms with E-state index in [0.29, 0.717) is 11.4 Å². The standard InChI is InChI=1S/C10H13N3O4/c1-3-17-10(15)13-12-9(14)7-4-5-8(16-2)11-6-7/h4-6H,3H2,1-2H3,(H,12,14)(H,13,15). The Morgan fingerprint density at radius 1 is 1.35 bits per heavy atom. The fourth-order valence-corrected chi connectivity index (χ4v) is 0.983. The zero-order chi connectivity index (χ0) is 12.7. The summed E-state index contributed by atoms with van der Waals surface area (Å²) >= 11 is 0. The van der Waals surface area contributed by atoms with Crippen LogP contribution < -0.4 is 15.6 Å². The third-order valence-electron chi connectivity index (χ3n) is 1.76. The fourth-order valence-electron chi connectivity index (χ4n) is 0.983. The molecule has 0 aliphatic rings. The number of rotatable bonds is 3. The molecule has 1 rings (SSSR count). The Morgan fingerprint density at radius 3 is 2.65 bits per heavy atom. The number of carbonyl (C=O) groups excluding carboxylic acids is 2. The van der Waals surface area contributed by atoms with Crippen LogP contribution in [-0.4, -0.2) is 30.7 Å². The van der Waals surface area contributed by atoms with Gasteiger partial charge in [0.15, 0.2) is 0 Å². The van der Waals surface area contributed by atoms with Gasteiger partial charge in [-0.1, -0.05) is 0 Å². The molecule has 0 atom stereocenters. The molecule has 0 aromatic carbocycles. The van der Waals surface area contributed by atoms with Crippen LogP contribution in [0.1, 0.15) is 17.3 Å². The lowest BCUT2D eigenvalue weighted by atomic mass is 10.3. The van der Waals surface area contributed by atoms with Crippen molar-refractivity contribution < 1.29 is 19.1 Å². The molecular formula is C10H13N3O4. The molecule has 0 unspecified atom stereocenters. The van der Waals surface area contributed by atoms with Crippen molar-refractivity contribution in [2.45, 2.75) is 6.92 Å². The Bertz CT molecular complexity index is 391. The number of aromatic nitrogens is 1. The monoisotopic (exact) mass is 239 g/mol. The largest absolute Gasteiger partial charge is 0.481 e. The van der Waals surface area contributed by atoms with Crippen molar-refractivity contribution >= 4 is 12.0 Å². The Kier molecular flexibility index (Phi) is 4.74. The number of ether oxygens (including phenoxy) is 2. The van der Waals surface area contributed by atoms with E-state index in [-0.39, 0.29) is 6.61 Å². The van der Waals surface area contributed by atoms with Crippen molar-refractivity contribution in [3.63, 3.8) is 0 Å². The molecular weight excluding hydrogens is 226 g/mol. The highest BCUT2D eigenvalue weighted by Gasteiger charge is 2.07. The predicted molar refractivity (Wildman–Crippen MR) is 58.4 cm³/mol. The normalized spacial score (nSPS) is 9.29. The zero-order valence-electron chi connectivity index (χ0n) is 9.52. The quantitative estimate of drug-likeness (QED) is 0.749. The molecule has 1 heterocycles.